The number of benzene rings is 2. The van der Waals surface area contributed by atoms with Gasteiger partial charge < -0.3 is 0 Å². The third-order valence-corrected chi connectivity index (χ3v) is 4.98. The van der Waals surface area contributed by atoms with E-state index in [0.717, 1.165) is 5.57 Å². The molecule has 0 N–H and O–H groups in total. The fourth-order valence-electron chi connectivity index (χ4n) is 3.23. The van der Waals surface area contributed by atoms with Gasteiger partial charge in [-0.05, 0) is 47.4 Å². The molecule has 1 aliphatic carbocycles. The normalized spacial score (nSPS) is 16.4. The van der Waals surface area contributed by atoms with Crippen molar-refractivity contribution in [3.05, 3.63) is 77.4 Å². The Balaban J connectivity index is 1.92. The fraction of sp³-hybridized carbons (Fsp3) is 0.364. The molecule has 0 heteroatoms. The largest absolute Gasteiger partial charge is 0.0955 e. The molecule has 1 saturated carbocycles. The predicted molar refractivity (Wildman–Crippen MR) is 96.3 cm³/mol. The topological polar surface area (TPSA) is 0 Å². The molecular weight excluding hydrogens is 264 g/mol. The van der Waals surface area contributed by atoms with Crippen LogP contribution in [0, 0.1) is 0 Å². The van der Waals surface area contributed by atoms with E-state index in [1.165, 1.54) is 35.1 Å². The van der Waals surface area contributed by atoms with Crippen LogP contribution in [0.1, 0.15) is 62.8 Å². The van der Waals surface area contributed by atoms with Crippen LogP contribution in [0.2, 0.25) is 0 Å². The van der Waals surface area contributed by atoms with Crippen LogP contribution >= 0.6 is 0 Å². The summed E-state index contributed by atoms with van der Waals surface area (Å²) in [5, 5.41) is 0. The monoisotopic (exact) mass is 290 g/mol. The minimum absolute atomic E-state index is 0.221. The lowest BCUT2D eigenvalue weighted by Gasteiger charge is -2.22. The van der Waals surface area contributed by atoms with Crippen LogP contribution in [0.25, 0.3) is 5.57 Å². The van der Waals surface area contributed by atoms with Gasteiger partial charge in [-0.1, -0.05) is 81.5 Å². The molecule has 1 aliphatic rings. The second-order valence-electron chi connectivity index (χ2n) is 7.77. The predicted octanol–water partition coefficient (Wildman–Crippen LogP) is 6.10. The van der Waals surface area contributed by atoms with Gasteiger partial charge in [0, 0.05) is 5.41 Å². The van der Waals surface area contributed by atoms with Crippen molar-refractivity contribution in [2.24, 2.45) is 0 Å². The van der Waals surface area contributed by atoms with Gasteiger partial charge in [-0.3, -0.25) is 0 Å². The van der Waals surface area contributed by atoms with Crippen molar-refractivity contribution in [1.29, 1.82) is 0 Å². The Labute approximate surface area is 134 Å². The molecule has 1 fully saturated rings. The Kier molecular flexibility index (Phi) is 3.51. The quantitative estimate of drug-likeness (QED) is 0.641. The van der Waals surface area contributed by atoms with Crippen molar-refractivity contribution >= 4 is 5.57 Å². The maximum absolute atomic E-state index is 4.02. The number of hydrogen-bond acceptors (Lipinski definition) is 0. The van der Waals surface area contributed by atoms with Crippen molar-refractivity contribution in [3.8, 4) is 0 Å². The molecular formula is C22H26. The first-order chi connectivity index (χ1) is 10.3. The van der Waals surface area contributed by atoms with Gasteiger partial charge in [-0.25, -0.2) is 0 Å². The van der Waals surface area contributed by atoms with Crippen LogP contribution in [-0.2, 0) is 10.8 Å². The molecule has 0 radical (unpaired) electrons. The van der Waals surface area contributed by atoms with Gasteiger partial charge in [-0.15, -0.1) is 0 Å². The molecule has 0 saturated heterocycles. The first-order valence-corrected chi connectivity index (χ1v) is 8.20. The number of hydrogen-bond donors (Lipinski definition) is 0. The summed E-state index contributed by atoms with van der Waals surface area (Å²) in [6.45, 7) is 12.9. The smallest absolute Gasteiger partial charge is 0.0203 e. The fourth-order valence-corrected chi connectivity index (χ4v) is 3.23. The molecule has 3 rings (SSSR count). The van der Waals surface area contributed by atoms with E-state index in [9.17, 15) is 0 Å². The average Bonchev–Trinajstić information content (AvgIpc) is 3.28. The summed E-state index contributed by atoms with van der Waals surface area (Å²) in [5.74, 6) is 0. The van der Waals surface area contributed by atoms with Gasteiger partial charge in [-0.2, -0.15) is 0 Å². The van der Waals surface area contributed by atoms with E-state index >= 15 is 0 Å². The zero-order valence-electron chi connectivity index (χ0n) is 14.2. The Morgan fingerprint density at radius 3 is 1.68 bits per heavy atom. The molecule has 0 unspecified atom stereocenters. The zero-order chi connectivity index (χ0) is 16.0. The highest BCUT2D eigenvalue weighted by molar-refractivity contribution is 5.62. The van der Waals surface area contributed by atoms with Crippen LogP contribution in [-0.4, -0.2) is 0 Å². The average molecular weight is 290 g/mol. The summed E-state index contributed by atoms with van der Waals surface area (Å²) in [6.07, 6.45) is 2.52. The first-order valence-electron chi connectivity index (χ1n) is 8.20. The van der Waals surface area contributed by atoms with Crippen molar-refractivity contribution in [3.63, 3.8) is 0 Å². The van der Waals surface area contributed by atoms with Crippen LogP contribution in [0.3, 0.4) is 0 Å². The lowest BCUT2D eigenvalue weighted by atomic mass is 9.83. The molecule has 0 amide bonds. The molecule has 0 aliphatic heterocycles. The summed E-state index contributed by atoms with van der Waals surface area (Å²) in [4.78, 5) is 0. The molecule has 0 nitrogen and oxygen atoms in total. The molecule has 0 heterocycles. The maximum atomic E-state index is 4.02. The standard InChI is InChI=1S/C22H26/c1-16(2)17-6-8-19(9-7-17)22(14-15-22)20-12-10-18(11-13-20)21(3,4)5/h6-13H,1,14-15H2,2-5H3. The van der Waals surface area contributed by atoms with E-state index < -0.39 is 0 Å². The summed E-state index contributed by atoms with van der Waals surface area (Å²) >= 11 is 0. The lowest BCUT2D eigenvalue weighted by Crippen LogP contribution is -2.13. The highest BCUT2D eigenvalue weighted by Gasteiger charge is 2.45. The van der Waals surface area contributed by atoms with E-state index in [1.807, 2.05) is 0 Å². The van der Waals surface area contributed by atoms with E-state index in [1.54, 1.807) is 0 Å². The highest BCUT2D eigenvalue weighted by atomic mass is 14.5. The summed E-state index contributed by atoms with van der Waals surface area (Å²) in [6, 6.07) is 18.3. The second-order valence-corrected chi connectivity index (χ2v) is 7.77. The van der Waals surface area contributed by atoms with Crippen molar-refractivity contribution < 1.29 is 0 Å². The Morgan fingerprint density at radius 1 is 0.864 bits per heavy atom. The van der Waals surface area contributed by atoms with E-state index in [-0.39, 0.29) is 10.8 Å². The summed E-state index contributed by atoms with van der Waals surface area (Å²) in [5.41, 5.74) is 7.16. The first kappa shape index (κ1) is 15.1. The number of allylic oxidation sites excluding steroid dienone is 1. The SMILES string of the molecule is C=C(C)c1ccc(C2(c3ccc(C(C)(C)C)cc3)CC2)cc1. The molecule has 0 atom stereocenters. The van der Waals surface area contributed by atoms with E-state index in [4.69, 9.17) is 0 Å². The van der Waals surface area contributed by atoms with Crippen LogP contribution in [0.15, 0.2) is 55.1 Å². The van der Waals surface area contributed by atoms with Crippen LogP contribution in [0.4, 0.5) is 0 Å². The molecule has 22 heavy (non-hydrogen) atoms. The minimum Gasteiger partial charge on any atom is -0.0955 e. The van der Waals surface area contributed by atoms with Gasteiger partial charge in [0.15, 0.2) is 0 Å². The number of rotatable bonds is 3. The van der Waals surface area contributed by atoms with Gasteiger partial charge in [0.05, 0.1) is 0 Å². The zero-order valence-corrected chi connectivity index (χ0v) is 14.2. The van der Waals surface area contributed by atoms with E-state index in [0.29, 0.717) is 0 Å². The minimum atomic E-state index is 0.221. The summed E-state index contributed by atoms with van der Waals surface area (Å²) in [7, 11) is 0. The van der Waals surface area contributed by atoms with Gasteiger partial charge >= 0.3 is 0 Å². The second kappa shape index (κ2) is 5.12. The third kappa shape index (κ3) is 2.63. The maximum Gasteiger partial charge on any atom is 0.0203 e. The van der Waals surface area contributed by atoms with Crippen LogP contribution in [0.5, 0.6) is 0 Å². The van der Waals surface area contributed by atoms with Crippen molar-refractivity contribution in [2.45, 2.75) is 51.4 Å². The van der Waals surface area contributed by atoms with E-state index in [2.05, 4.69) is 82.8 Å². The Hall–Kier alpha value is -1.82. The van der Waals surface area contributed by atoms with Gasteiger partial charge in [0.1, 0.15) is 0 Å². The van der Waals surface area contributed by atoms with Gasteiger partial charge in [0.25, 0.3) is 0 Å². The Bertz CT molecular complexity index is 674. The Morgan fingerprint density at radius 2 is 1.32 bits per heavy atom. The molecule has 0 aromatic heterocycles. The molecule has 114 valence electrons. The molecule has 0 spiro atoms. The van der Waals surface area contributed by atoms with Crippen molar-refractivity contribution in [1.82, 2.24) is 0 Å². The van der Waals surface area contributed by atoms with Gasteiger partial charge in [0.2, 0.25) is 0 Å². The van der Waals surface area contributed by atoms with Crippen LogP contribution < -0.4 is 0 Å². The molecule has 2 aromatic rings. The third-order valence-electron chi connectivity index (χ3n) is 4.98. The summed E-state index contributed by atoms with van der Waals surface area (Å²) < 4.78 is 0. The highest BCUT2D eigenvalue weighted by Crippen LogP contribution is 2.53. The molecule has 2 aromatic carbocycles. The molecule has 0 bridgehead atoms. The lowest BCUT2D eigenvalue weighted by molar-refractivity contribution is 0.589. The van der Waals surface area contributed by atoms with Crippen molar-refractivity contribution in [2.75, 3.05) is 0 Å².